The van der Waals surface area contributed by atoms with E-state index in [1.807, 2.05) is 30.3 Å². The minimum absolute atomic E-state index is 0.616. The Morgan fingerprint density at radius 3 is 2.30 bits per heavy atom. The van der Waals surface area contributed by atoms with Gasteiger partial charge in [-0.05, 0) is 37.5 Å². The lowest BCUT2D eigenvalue weighted by molar-refractivity contribution is 0.306. The molecular formula is C22H26N4O. The number of aromatic nitrogens is 2. The number of rotatable bonds is 6. The first-order valence-corrected chi connectivity index (χ1v) is 9.22. The van der Waals surface area contributed by atoms with Gasteiger partial charge in [0.1, 0.15) is 18.2 Å². The number of anilines is 1. The molecule has 3 N–H and O–H groups in total. The predicted octanol–water partition coefficient (Wildman–Crippen LogP) is 3.88. The van der Waals surface area contributed by atoms with Crippen LogP contribution >= 0.6 is 0 Å². The zero-order valence-electron chi connectivity index (χ0n) is 15.6. The fourth-order valence-corrected chi connectivity index (χ4v) is 2.35. The van der Waals surface area contributed by atoms with Gasteiger partial charge in [0, 0.05) is 6.04 Å². The van der Waals surface area contributed by atoms with Crippen molar-refractivity contribution in [3.63, 3.8) is 0 Å². The van der Waals surface area contributed by atoms with Crippen LogP contribution in [0.5, 0.6) is 5.75 Å². The summed E-state index contributed by atoms with van der Waals surface area (Å²) >= 11 is 0. The van der Waals surface area contributed by atoms with E-state index in [9.17, 15) is 0 Å². The highest BCUT2D eigenvalue weighted by Gasteiger charge is 2.20. The smallest absolute Gasteiger partial charge is 0.142 e. The molecule has 0 bridgehead atoms. The molecule has 1 heterocycles. The fraction of sp³-hybridized carbons (Fsp3) is 0.273. The lowest BCUT2D eigenvalue weighted by atomic mass is 10.2. The van der Waals surface area contributed by atoms with E-state index >= 15 is 0 Å². The molecule has 1 aliphatic carbocycles. The summed E-state index contributed by atoms with van der Waals surface area (Å²) in [4.78, 5) is 8.16. The quantitative estimate of drug-likeness (QED) is 0.696. The van der Waals surface area contributed by atoms with Crippen LogP contribution in [0, 0.1) is 6.92 Å². The lowest BCUT2D eigenvalue weighted by Crippen LogP contribution is -2.17. The van der Waals surface area contributed by atoms with Crippen LogP contribution in [0.2, 0.25) is 0 Å². The zero-order valence-corrected chi connectivity index (χ0v) is 15.6. The van der Waals surface area contributed by atoms with Crippen LogP contribution in [-0.4, -0.2) is 16.0 Å². The Morgan fingerprint density at radius 1 is 1.00 bits per heavy atom. The standard InChI is InChI=1S/C14H14O.C8H12N4/c1-12-7-9-14(10-8-12)15-11-13-5-3-2-4-6-13;9-6-3-11-8(12-4-6)5-10-7-1-2-7/h2-10H,11H2,1H3;3-4,7,10H,1-2,5,9H2. The Labute approximate surface area is 160 Å². The molecule has 2 aromatic carbocycles. The van der Waals surface area contributed by atoms with Crippen molar-refractivity contribution in [3.05, 3.63) is 83.9 Å². The van der Waals surface area contributed by atoms with Gasteiger partial charge in [-0.25, -0.2) is 9.97 Å². The van der Waals surface area contributed by atoms with E-state index in [2.05, 4.69) is 46.5 Å². The molecule has 4 rings (SSSR count). The number of nitrogens with zero attached hydrogens (tertiary/aromatic N) is 2. The normalized spacial score (nSPS) is 12.8. The molecule has 5 nitrogen and oxygen atoms in total. The SMILES string of the molecule is Cc1ccc(OCc2ccccc2)cc1.Nc1cnc(CNC2CC2)nc1. The lowest BCUT2D eigenvalue weighted by Gasteiger charge is -2.06. The van der Waals surface area contributed by atoms with Gasteiger partial charge in [-0.2, -0.15) is 0 Å². The van der Waals surface area contributed by atoms with E-state index in [1.165, 1.54) is 24.0 Å². The van der Waals surface area contributed by atoms with Gasteiger partial charge in [0.2, 0.25) is 0 Å². The highest BCUT2D eigenvalue weighted by Crippen LogP contribution is 2.18. The number of nitrogens with one attached hydrogen (secondary N) is 1. The van der Waals surface area contributed by atoms with Gasteiger partial charge >= 0.3 is 0 Å². The van der Waals surface area contributed by atoms with Crippen molar-refractivity contribution in [2.24, 2.45) is 0 Å². The molecule has 0 atom stereocenters. The van der Waals surface area contributed by atoms with Crippen LogP contribution in [0.25, 0.3) is 0 Å². The summed E-state index contributed by atoms with van der Waals surface area (Å²) < 4.78 is 5.65. The molecule has 0 aliphatic heterocycles. The van der Waals surface area contributed by atoms with Gasteiger partial charge in [-0.3, -0.25) is 0 Å². The minimum atomic E-state index is 0.616. The van der Waals surface area contributed by atoms with Crippen molar-refractivity contribution in [3.8, 4) is 5.75 Å². The maximum Gasteiger partial charge on any atom is 0.142 e. The molecule has 1 aromatic heterocycles. The van der Waals surface area contributed by atoms with Gasteiger partial charge < -0.3 is 15.8 Å². The zero-order chi connectivity index (χ0) is 18.9. The van der Waals surface area contributed by atoms with Crippen molar-refractivity contribution in [2.45, 2.75) is 39.0 Å². The van der Waals surface area contributed by atoms with Gasteiger partial charge in [-0.1, -0.05) is 48.0 Å². The molecule has 0 unspecified atom stereocenters. The summed E-state index contributed by atoms with van der Waals surface area (Å²) in [7, 11) is 0. The third-order valence-corrected chi connectivity index (χ3v) is 4.12. The topological polar surface area (TPSA) is 73.1 Å². The highest BCUT2D eigenvalue weighted by molar-refractivity contribution is 5.30. The van der Waals surface area contributed by atoms with Crippen LogP contribution in [0.3, 0.4) is 0 Å². The first kappa shape index (κ1) is 18.9. The van der Waals surface area contributed by atoms with Crippen LogP contribution in [0.1, 0.15) is 29.8 Å². The molecule has 27 heavy (non-hydrogen) atoms. The number of benzene rings is 2. The Hall–Kier alpha value is -2.92. The number of hydrogen-bond donors (Lipinski definition) is 2. The second kappa shape index (κ2) is 9.69. The van der Waals surface area contributed by atoms with Crippen LogP contribution in [0.4, 0.5) is 5.69 Å². The first-order chi connectivity index (χ1) is 13.2. The van der Waals surface area contributed by atoms with Crippen molar-refractivity contribution in [1.82, 2.24) is 15.3 Å². The molecule has 1 saturated carbocycles. The minimum Gasteiger partial charge on any atom is -0.489 e. The molecule has 0 amide bonds. The highest BCUT2D eigenvalue weighted by atomic mass is 16.5. The second-order valence-electron chi connectivity index (χ2n) is 6.68. The number of nitrogen functional groups attached to an aromatic ring is 1. The molecule has 1 aliphatic rings. The number of ether oxygens (including phenoxy) is 1. The summed E-state index contributed by atoms with van der Waals surface area (Å²) in [5, 5.41) is 3.33. The molecular weight excluding hydrogens is 336 g/mol. The van der Waals surface area contributed by atoms with Crippen molar-refractivity contribution < 1.29 is 4.74 Å². The summed E-state index contributed by atoms with van der Waals surface area (Å²) in [5.41, 5.74) is 8.51. The maximum absolute atomic E-state index is 5.65. The maximum atomic E-state index is 5.65. The van der Waals surface area contributed by atoms with E-state index < -0.39 is 0 Å². The Bertz CT molecular complexity index is 800. The number of nitrogens with two attached hydrogens (primary N) is 1. The largest absolute Gasteiger partial charge is 0.489 e. The van der Waals surface area contributed by atoms with Crippen LogP contribution < -0.4 is 15.8 Å². The Morgan fingerprint density at radius 2 is 1.67 bits per heavy atom. The van der Waals surface area contributed by atoms with Gasteiger partial charge in [0.15, 0.2) is 0 Å². The van der Waals surface area contributed by atoms with Crippen molar-refractivity contribution >= 4 is 5.69 Å². The average Bonchev–Trinajstić information content (AvgIpc) is 3.53. The molecule has 0 radical (unpaired) electrons. The summed E-state index contributed by atoms with van der Waals surface area (Å²) in [6.45, 7) is 3.45. The summed E-state index contributed by atoms with van der Waals surface area (Å²) in [6, 6.07) is 19.0. The molecule has 0 spiro atoms. The summed E-state index contributed by atoms with van der Waals surface area (Å²) in [5.74, 6) is 1.74. The summed E-state index contributed by atoms with van der Waals surface area (Å²) in [6.07, 6.45) is 5.85. The Balaban J connectivity index is 0.000000159. The molecule has 0 saturated heterocycles. The number of hydrogen-bond acceptors (Lipinski definition) is 5. The monoisotopic (exact) mass is 362 g/mol. The molecule has 1 fully saturated rings. The molecule has 3 aromatic rings. The predicted molar refractivity (Wildman–Crippen MR) is 108 cm³/mol. The van der Waals surface area contributed by atoms with Gasteiger partial charge in [0.05, 0.1) is 24.6 Å². The fourth-order valence-electron chi connectivity index (χ4n) is 2.35. The van der Waals surface area contributed by atoms with Crippen LogP contribution in [0.15, 0.2) is 67.0 Å². The van der Waals surface area contributed by atoms with E-state index in [-0.39, 0.29) is 0 Å². The van der Waals surface area contributed by atoms with Crippen molar-refractivity contribution in [2.75, 3.05) is 5.73 Å². The average molecular weight is 362 g/mol. The second-order valence-corrected chi connectivity index (χ2v) is 6.68. The van der Waals surface area contributed by atoms with E-state index in [1.54, 1.807) is 12.4 Å². The Kier molecular flexibility index (Phi) is 6.77. The van der Waals surface area contributed by atoms with Gasteiger partial charge in [-0.15, -0.1) is 0 Å². The van der Waals surface area contributed by atoms with Gasteiger partial charge in [0.25, 0.3) is 0 Å². The third kappa shape index (κ3) is 7.07. The van der Waals surface area contributed by atoms with E-state index in [4.69, 9.17) is 10.5 Å². The molecule has 5 heteroatoms. The van der Waals surface area contributed by atoms with Crippen molar-refractivity contribution in [1.29, 1.82) is 0 Å². The van der Waals surface area contributed by atoms with Crippen LogP contribution in [-0.2, 0) is 13.2 Å². The van der Waals surface area contributed by atoms with E-state index in [0.29, 0.717) is 18.3 Å². The first-order valence-electron chi connectivity index (χ1n) is 9.22. The molecule has 140 valence electrons. The third-order valence-electron chi connectivity index (χ3n) is 4.12. The van der Waals surface area contributed by atoms with E-state index in [0.717, 1.165) is 18.1 Å². The number of aryl methyl sites for hydroxylation is 1.